The second-order valence-corrected chi connectivity index (χ2v) is 3.27. The van der Waals surface area contributed by atoms with Gasteiger partial charge in [-0.2, -0.15) is 0 Å². The van der Waals surface area contributed by atoms with Gasteiger partial charge in [0.25, 0.3) is 0 Å². The fraction of sp³-hybridized carbons (Fsp3) is 0.364. The van der Waals surface area contributed by atoms with E-state index in [0.29, 0.717) is 11.1 Å². The van der Waals surface area contributed by atoms with Crippen LogP contribution < -0.4 is 0 Å². The number of ether oxygens (including phenoxy) is 1. The van der Waals surface area contributed by atoms with E-state index in [1.165, 1.54) is 13.2 Å². The van der Waals surface area contributed by atoms with E-state index >= 15 is 0 Å². The first-order valence-electron chi connectivity index (χ1n) is 4.56. The van der Waals surface area contributed by atoms with Crippen LogP contribution in [0.4, 0.5) is 4.39 Å². The highest BCUT2D eigenvalue weighted by molar-refractivity contribution is 5.74. The Morgan fingerprint density at radius 2 is 2.27 bits per heavy atom. The Bertz CT molecular complexity index is 363. The summed E-state index contributed by atoms with van der Waals surface area (Å²) in [6.45, 7) is 1.61. The lowest BCUT2D eigenvalue weighted by molar-refractivity contribution is -0.150. The zero-order valence-corrected chi connectivity index (χ0v) is 8.66. The highest BCUT2D eigenvalue weighted by atomic mass is 19.1. The van der Waals surface area contributed by atoms with Gasteiger partial charge in [0.1, 0.15) is 5.82 Å². The molecule has 1 N–H and O–H groups in total. The molecule has 0 spiro atoms. The molecule has 82 valence electrons. The van der Waals surface area contributed by atoms with Crippen LogP contribution in [0, 0.1) is 12.7 Å². The number of hydrogen-bond donors (Lipinski definition) is 1. The summed E-state index contributed by atoms with van der Waals surface area (Å²) in [6.07, 6.45) is -1.17. The fourth-order valence-corrected chi connectivity index (χ4v) is 1.30. The standard InChI is InChI=1S/C11H13FO3/c1-7-8(4-3-5-9(7)12)6-10(13)11(14)15-2/h3-5,10,13H,6H2,1-2H3. The molecule has 4 heteroatoms. The monoisotopic (exact) mass is 212 g/mol. The first-order chi connectivity index (χ1) is 7.06. The Morgan fingerprint density at radius 3 is 2.87 bits per heavy atom. The molecule has 0 aromatic heterocycles. The van der Waals surface area contributed by atoms with Crippen LogP contribution in [-0.4, -0.2) is 24.3 Å². The zero-order valence-electron chi connectivity index (χ0n) is 8.66. The number of esters is 1. The Kier molecular flexibility index (Phi) is 3.80. The van der Waals surface area contributed by atoms with Crippen LogP contribution in [0.3, 0.4) is 0 Å². The van der Waals surface area contributed by atoms with Crippen LogP contribution in [0.1, 0.15) is 11.1 Å². The van der Waals surface area contributed by atoms with Crippen LogP contribution in [0.25, 0.3) is 0 Å². The van der Waals surface area contributed by atoms with Gasteiger partial charge in [0.2, 0.25) is 0 Å². The number of carbonyl (C=O) groups excluding carboxylic acids is 1. The average molecular weight is 212 g/mol. The highest BCUT2D eigenvalue weighted by Gasteiger charge is 2.17. The van der Waals surface area contributed by atoms with Crippen molar-refractivity contribution in [1.82, 2.24) is 0 Å². The Morgan fingerprint density at radius 1 is 1.60 bits per heavy atom. The predicted molar refractivity (Wildman–Crippen MR) is 52.9 cm³/mol. The van der Waals surface area contributed by atoms with Crippen LogP contribution in [0.2, 0.25) is 0 Å². The van der Waals surface area contributed by atoms with Gasteiger partial charge in [-0.3, -0.25) is 0 Å². The summed E-state index contributed by atoms with van der Waals surface area (Å²) < 4.78 is 17.5. The van der Waals surface area contributed by atoms with E-state index in [-0.39, 0.29) is 12.2 Å². The van der Waals surface area contributed by atoms with Crippen LogP contribution in [0.15, 0.2) is 18.2 Å². The van der Waals surface area contributed by atoms with Crippen LogP contribution in [0.5, 0.6) is 0 Å². The molecule has 1 atom stereocenters. The van der Waals surface area contributed by atoms with Crippen molar-refractivity contribution in [2.45, 2.75) is 19.4 Å². The number of methoxy groups -OCH3 is 1. The van der Waals surface area contributed by atoms with Crippen molar-refractivity contribution in [1.29, 1.82) is 0 Å². The van der Waals surface area contributed by atoms with E-state index < -0.39 is 12.1 Å². The summed E-state index contributed by atoms with van der Waals surface area (Å²) in [6, 6.07) is 4.55. The van der Waals surface area contributed by atoms with Gasteiger partial charge in [-0.25, -0.2) is 9.18 Å². The average Bonchev–Trinajstić information content (AvgIpc) is 2.23. The molecule has 0 saturated heterocycles. The molecule has 1 aromatic rings. The van der Waals surface area contributed by atoms with E-state index in [9.17, 15) is 14.3 Å². The molecule has 0 aliphatic carbocycles. The second-order valence-electron chi connectivity index (χ2n) is 3.27. The lowest BCUT2D eigenvalue weighted by Crippen LogP contribution is -2.24. The lowest BCUT2D eigenvalue weighted by atomic mass is 10.0. The molecule has 0 saturated carbocycles. The number of hydrogen-bond acceptors (Lipinski definition) is 3. The quantitative estimate of drug-likeness (QED) is 0.766. The third-order valence-corrected chi connectivity index (χ3v) is 2.27. The largest absolute Gasteiger partial charge is 0.467 e. The van der Waals surface area contributed by atoms with Crippen LogP contribution >= 0.6 is 0 Å². The Hall–Kier alpha value is -1.42. The molecule has 0 radical (unpaired) electrons. The van der Waals surface area contributed by atoms with Crippen molar-refractivity contribution in [3.8, 4) is 0 Å². The minimum atomic E-state index is -1.24. The Labute approximate surface area is 87.5 Å². The SMILES string of the molecule is COC(=O)C(O)Cc1cccc(F)c1C. The maximum Gasteiger partial charge on any atom is 0.335 e. The molecule has 1 aromatic carbocycles. The second kappa shape index (κ2) is 4.89. The number of aliphatic hydroxyl groups is 1. The molecule has 0 amide bonds. The summed E-state index contributed by atoms with van der Waals surface area (Å²) in [7, 11) is 1.20. The minimum absolute atomic E-state index is 0.0657. The molecule has 0 aliphatic rings. The third-order valence-electron chi connectivity index (χ3n) is 2.27. The summed E-state index contributed by atoms with van der Waals surface area (Å²) >= 11 is 0. The lowest BCUT2D eigenvalue weighted by Gasteiger charge is -2.10. The van der Waals surface area contributed by atoms with Gasteiger partial charge in [0, 0.05) is 6.42 Å². The van der Waals surface area contributed by atoms with Crippen molar-refractivity contribution in [2.24, 2.45) is 0 Å². The van der Waals surface area contributed by atoms with E-state index in [1.807, 2.05) is 0 Å². The van der Waals surface area contributed by atoms with Gasteiger partial charge in [0.15, 0.2) is 6.10 Å². The maximum absolute atomic E-state index is 13.1. The predicted octanol–water partition coefficient (Wildman–Crippen LogP) is 1.21. The molecular weight excluding hydrogens is 199 g/mol. The van der Waals surface area contributed by atoms with Gasteiger partial charge >= 0.3 is 5.97 Å². The van der Waals surface area contributed by atoms with Crippen LogP contribution in [-0.2, 0) is 16.0 Å². The number of carbonyl (C=O) groups is 1. The topological polar surface area (TPSA) is 46.5 Å². The van der Waals surface area contributed by atoms with E-state index in [4.69, 9.17) is 0 Å². The number of rotatable bonds is 3. The van der Waals surface area contributed by atoms with Crippen molar-refractivity contribution < 1.29 is 19.0 Å². The molecule has 0 heterocycles. The summed E-state index contributed by atoms with van der Waals surface area (Å²) in [5.74, 6) is -1.05. The minimum Gasteiger partial charge on any atom is -0.467 e. The molecule has 3 nitrogen and oxygen atoms in total. The maximum atomic E-state index is 13.1. The summed E-state index contributed by atoms with van der Waals surface area (Å²) in [4.78, 5) is 10.9. The van der Waals surface area contributed by atoms with E-state index in [1.54, 1.807) is 19.1 Å². The fourth-order valence-electron chi connectivity index (χ4n) is 1.30. The molecule has 15 heavy (non-hydrogen) atoms. The van der Waals surface area contributed by atoms with Crippen molar-refractivity contribution in [3.63, 3.8) is 0 Å². The van der Waals surface area contributed by atoms with Crippen molar-refractivity contribution in [2.75, 3.05) is 7.11 Å². The first-order valence-corrected chi connectivity index (χ1v) is 4.56. The molecule has 1 unspecified atom stereocenters. The molecule has 0 fully saturated rings. The smallest absolute Gasteiger partial charge is 0.335 e. The van der Waals surface area contributed by atoms with Gasteiger partial charge in [-0.1, -0.05) is 12.1 Å². The van der Waals surface area contributed by atoms with E-state index in [2.05, 4.69) is 4.74 Å². The van der Waals surface area contributed by atoms with Crippen molar-refractivity contribution in [3.05, 3.63) is 35.1 Å². The zero-order chi connectivity index (χ0) is 11.4. The molecule has 0 bridgehead atoms. The third kappa shape index (κ3) is 2.76. The first kappa shape index (κ1) is 11.7. The van der Waals surface area contributed by atoms with E-state index in [0.717, 1.165) is 0 Å². The molecule has 1 rings (SSSR count). The summed E-state index contributed by atoms with van der Waals surface area (Å²) in [5.41, 5.74) is 1.05. The van der Waals surface area contributed by atoms with Gasteiger partial charge < -0.3 is 9.84 Å². The highest BCUT2D eigenvalue weighted by Crippen LogP contribution is 2.14. The number of benzene rings is 1. The number of aliphatic hydroxyl groups excluding tert-OH is 1. The van der Waals surface area contributed by atoms with Gasteiger partial charge in [-0.05, 0) is 24.1 Å². The van der Waals surface area contributed by atoms with Crippen molar-refractivity contribution >= 4 is 5.97 Å². The normalized spacial score (nSPS) is 12.3. The molecular formula is C11H13FO3. The molecule has 0 aliphatic heterocycles. The number of halogens is 1. The van der Waals surface area contributed by atoms with Gasteiger partial charge in [0.05, 0.1) is 7.11 Å². The van der Waals surface area contributed by atoms with Gasteiger partial charge in [-0.15, -0.1) is 0 Å². The Balaban J connectivity index is 2.81. The summed E-state index contributed by atoms with van der Waals surface area (Å²) in [5, 5.41) is 9.39.